The van der Waals surface area contributed by atoms with Gasteiger partial charge in [0, 0.05) is 0 Å². The van der Waals surface area contributed by atoms with Crippen LogP contribution in [0.1, 0.15) is 12.8 Å². The number of fused-ring (bicyclic) bond motifs is 2. The molecule has 0 aromatic carbocycles. The fourth-order valence-corrected chi connectivity index (χ4v) is 3.02. The maximum absolute atomic E-state index is 11.7. The molecule has 7 heteroatoms. The van der Waals surface area contributed by atoms with Crippen LogP contribution < -0.4 is 0 Å². The van der Waals surface area contributed by atoms with E-state index in [4.69, 9.17) is 0 Å². The van der Waals surface area contributed by atoms with Gasteiger partial charge in [0.05, 0.1) is 43.4 Å². The molecule has 0 amide bonds. The van der Waals surface area contributed by atoms with Crippen molar-refractivity contribution in [3.05, 3.63) is 4.91 Å². The molecule has 0 aromatic rings. The van der Waals surface area contributed by atoms with Crippen molar-refractivity contribution < 1.29 is 19.1 Å². The standard InChI is InChI=1S/C10H14N2O5/c1-16-9(13)7-5-3-4-6(12(5)11-15)8(7)10(14)17-2/h5-8H,3-4H2,1-2H3/t5-,6+,7-,8+. The molecule has 2 aliphatic heterocycles. The van der Waals surface area contributed by atoms with Crippen LogP contribution in [-0.2, 0) is 19.1 Å². The van der Waals surface area contributed by atoms with Gasteiger partial charge in [-0.3, -0.25) is 14.6 Å². The molecule has 0 aromatic heterocycles. The normalized spacial score (nSPS) is 34.6. The summed E-state index contributed by atoms with van der Waals surface area (Å²) in [5.74, 6) is -2.27. The number of carbonyl (C=O) groups is 2. The van der Waals surface area contributed by atoms with E-state index in [-0.39, 0.29) is 12.1 Å². The van der Waals surface area contributed by atoms with Crippen molar-refractivity contribution in [1.82, 2.24) is 5.01 Å². The van der Waals surface area contributed by atoms with Gasteiger partial charge >= 0.3 is 11.9 Å². The van der Waals surface area contributed by atoms with E-state index in [1.807, 2.05) is 0 Å². The Labute approximate surface area is 98.0 Å². The molecule has 2 fully saturated rings. The molecule has 4 atom stereocenters. The SMILES string of the molecule is COC(=O)[C@@H]1[C@H](C(=O)OC)[C@H]2CC[C@@H]1N2N=O. The first-order valence-electron chi connectivity index (χ1n) is 5.43. The highest BCUT2D eigenvalue weighted by molar-refractivity contribution is 5.84. The van der Waals surface area contributed by atoms with Gasteiger partial charge in [-0.25, -0.2) is 0 Å². The highest BCUT2D eigenvalue weighted by Crippen LogP contribution is 2.46. The van der Waals surface area contributed by atoms with E-state index < -0.39 is 23.8 Å². The summed E-state index contributed by atoms with van der Waals surface area (Å²) >= 11 is 0. The van der Waals surface area contributed by atoms with Crippen molar-refractivity contribution in [2.45, 2.75) is 24.9 Å². The average Bonchev–Trinajstić information content (AvgIpc) is 2.90. The molecule has 2 bridgehead atoms. The van der Waals surface area contributed by atoms with Crippen molar-refractivity contribution >= 4 is 11.9 Å². The summed E-state index contributed by atoms with van der Waals surface area (Å²) in [5, 5.41) is 4.22. The molecule has 0 saturated carbocycles. The van der Waals surface area contributed by atoms with Crippen molar-refractivity contribution in [3.8, 4) is 0 Å². The lowest BCUT2D eigenvalue weighted by molar-refractivity contribution is -0.157. The van der Waals surface area contributed by atoms with Crippen LogP contribution >= 0.6 is 0 Å². The van der Waals surface area contributed by atoms with Gasteiger partial charge in [-0.15, -0.1) is 4.91 Å². The van der Waals surface area contributed by atoms with E-state index in [2.05, 4.69) is 14.8 Å². The summed E-state index contributed by atoms with van der Waals surface area (Å²) in [4.78, 5) is 34.1. The predicted octanol–water partition coefficient (Wildman–Crippen LogP) is 0.0928. The largest absolute Gasteiger partial charge is 0.469 e. The molecule has 2 aliphatic rings. The summed E-state index contributed by atoms with van der Waals surface area (Å²) in [7, 11) is 2.53. The fraction of sp³-hybridized carbons (Fsp3) is 0.800. The summed E-state index contributed by atoms with van der Waals surface area (Å²) in [6.07, 6.45) is 1.34. The lowest BCUT2D eigenvalue weighted by Gasteiger charge is -2.23. The molecule has 2 heterocycles. The Morgan fingerprint density at radius 2 is 1.47 bits per heavy atom. The molecule has 2 rings (SSSR count). The number of nitroso groups, excluding NO2 is 1. The molecule has 7 nitrogen and oxygen atoms in total. The van der Waals surface area contributed by atoms with E-state index in [1.54, 1.807) is 0 Å². The molecular weight excluding hydrogens is 228 g/mol. The Hall–Kier alpha value is -1.66. The maximum atomic E-state index is 11.7. The molecule has 0 radical (unpaired) electrons. The van der Waals surface area contributed by atoms with Crippen molar-refractivity contribution in [2.75, 3.05) is 14.2 Å². The van der Waals surface area contributed by atoms with E-state index >= 15 is 0 Å². The van der Waals surface area contributed by atoms with E-state index in [0.29, 0.717) is 12.8 Å². The van der Waals surface area contributed by atoms with Crippen LogP contribution in [0.25, 0.3) is 0 Å². The van der Waals surface area contributed by atoms with Crippen LogP contribution in [0.15, 0.2) is 5.29 Å². The Bertz CT molecular complexity index is 329. The zero-order valence-corrected chi connectivity index (χ0v) is 9.66. The Morgan fingerprint density at radius 1 is 1.06 bits per heavy atom. The third-order valence-corrected chi connectivity index (χ3v) is 3.69. The first kappa shape index (κ1) is 11.8. The van der Waals surface area contributed by atoms with Crippen molar-refractivity contribution in [1.29, 1.82) is 0 Å². The zero-order chi connectivity index (χ0) is 12.6. The number of methoxy groups -OCH3 is 2. The van der Waals surface area contributed by atoms with E-state index in [0.717, 1.165) is 0 Å². The van der Waals surface area contributed by atoms with Crippen LogP contribution in [0, 0.1) is 16.7 Å². The number of nitrogens with zero attached hydrogens (tertiary/aromatic N) is 2. The average molecular weight is 242 g/mol. The number of hydrogen-bond acceptors (Lipinski definition) is 6. The van der Waals surface area contributed by atoms with Gasteiger partial charge in [0.1, 0.15) is 0 Å². The molecule has 2 saturated heterocycles. The van der Waals surface area contributed by atoms with Crippen LogP contribution in [0.4, 0.5) is 0 Å². The first-order valence-corrected chi connectivity index (χ1v) is 5.43. The minimum atomic E-state index is -0.649. The number of ether oxygens (including phenoxy) is 2. The zero-order valence-electron chi connectivity index (χ0n) is 9.66. The van der Waals surface area contributed by atoms with Crippen molar-refractivity contribution in [2.24, 2.45) is 17.1 Å². The lowest BCUT2D eigenvalue weighted by Crippen LogP contribution is -2.39. The smallest absolute Gasteiger partial charge is 0.311 e. The number of rotatable bonds is 3. The minimum absolute atomic E-state index is 0.339. The highest BCUT2D eigenvalue weighted by atomic mass is 16.5. The third kappa shape index (κ3) is 1.57. The van der Waals surface area contributed by atoms with E-state index in [1.165, 1.54) is 19.2 Å². The first-order chi connectivity index (χ1) is 8.15. The molecule has 0 aliphatic carbocycles. The van der Waals surface area contributed by atoms with Gasteiger partial charge < -0.3 is 9.47 Å². The van der Waals surface area contributed by atoms with Crippen LogP contribution in [-0.4, -0.2) is 43.3 Å². The number of hydrogen-bond donors (Lipinski definition) is 0. The summed E-state index contributed by atoms with van der Waals surface area (Å²) < 4.78 is 9.37. The predicted molar refractivity (Wildman–Crippen MR) is 55.5 cm³/mol. The van der Waals surface area contributed by atoms with Gasteiger partial charge in [-0.2, -0.15) is 0 Å². The Kier molecular flexibility index (Phi) is 2.99. The molecule has 17 heavy (non-hydrogen) atoms. The third-order valence-electron chi connectivity index (χ3n) is 3.69. The fourth-order valence-electron chi connectivity index (χ4n) is 3.02. The Morgan fingerprint density at radius 3 is 1.76 bits per heavy atom. The Balaban J connectivity index is 2.31. The maximum Gasteiger partial charge on any atom is 0.311 e. The molecule has 0 unspecified atom stereocenters. The molecular formula is C10H14N2O5. The number of esters is 2. The van der Waals surface area contributed by atoms with Gasteiger partial charge in [0.2, 0.25) is 0 Å². The summed E-state index contributed by atoms with van der Waals surface area (Å²) in [6.45, 7) is 0. The highest BCUT2D eigenvalue weighted by Gasteiger charge is 2.60. The molecule has 94 valence electrons. The van der Waals surface area contributed by atoms with Crippen molar-refractivity contribution in [3.63, 3.8) is 0 Å². The van der Waals surface area contributed by atoms with Gasteiger partial charge in [-0.1, -0.05) is 0 Å². The lowest BCUT2D eigenvalue weighted by atomic mass is 9.79. The van der Waals surface area contributed by atoms with E-state index in [9.17, 15) is 14.5 Å². The second kappa shape index (κ2) is 4.31. The molecule has 0 spiro atoms. The second-order valence-electron chi connectivity index (χ2n) is 4.27. The van der Waals surface area contributed by atoms with Crippen LogP contribution in [0.5, 0.6) is 0 Å². The second-order valence-corrected chi connectivity index (χ2v) is 4.27. The minimum Gasteiger partial charge on any atom is -0.469 e. The number of carbonyl (C=O) groups excluding carboxylic acids is 2. The quantitative estimate of drug-likeness (QED) is 0.515. The van der Waals surface area contributed by atoms with Gasteiger partial charge in [-0.05, 0) is 12.8 Å². The monoisotopic (exact) mass is 242 g/mol. The van der Waals surface area contributed by atoms with Gasteiger partial charge in [0.15, 0.2) is 0 Å². The van der Waals surface area contributed by atoms with Crippen LogP contribution in [0.3, 0.4) is 0 Å². The summed E-state index contributed by atoms with van der Waals surface area (Å²) in [5.41, 5.74) is 0. The van der Waals surface area contributed by atoms with Gasteiger partial charge in [0.25, 0.3) is 0 Å². The topological polar surface area (TPSA) is 85.3 Å². The summed E-state index contributed by atoms with van der Waals surface area (Å²) in [6, 6.07) is -0.678. The molecule has 0 N–H and O–H groups in total. The van der Waals surface area contributed by atoms with Crippen LogP contribution in [0.2, 0.25) is 0 Å².